The van der Waals surface area contributed by atoms with E-state index in [4.69, 9.17) is 4.99 Å². The van der Waals surface area contributed by atoms with Crippen LogP contribution in [0.1, 0.15) is 58.4 Å². The van der Waals surface area contributed by atoms with Crippen LogP contribution in [0.4, 0.5) is 0 Å². The van der Waals surface area contributed by atoms with Gasteiger partial charge in [0, 0.05) is 31.2 Å². The van der Waals surface area contributed by atoms with Gasteiger partial charge in [-0.25, -0.2) is 0 Å². The van der Waals surface area contributed by atoms with Gasteiger partial charge in [0.2, 0.25) is 0 Å². The quantitative estimate of drug-likeness (QED) is 0.591. The average molecular weight is 371 g/mol. The summed E-state index contributed by atoms with van der Waals surface area (Å²) in [5, 5.41) is 7.22. The van der Waals surface area contributed by atoms with Crippen LogP contribution in [-0.4, -0.2) is 49.1 Å². The second-order valence-corrected chi connectivity index (χ2v) is 9.24. The number of aliphatic imine (C=N–C) groups is 1. The number of rotatable bonds is 6. The predicted octanol–water partition coefficient (Wildman–Crippen LogP) is 3.83. The second kappa shape index (κ2) is 9.09. The Hall–Kier alpha value is -1.55. The highest BCUT2D eigenvalue weighted by Gasteiger charge is 2.36. The number of nitrogens with zero attached hydrogens (tertiary/aromatic N) is 2. The van der Waals surface area contributed by atoms with Gasteiger partial charge in [-0.1, -0.05) is 50.6 Å². The molecule has 0 spiro atoms. The Morgan fingerprint density at radius 3 is 2.44 bits per heavy atom. The number of hydrogen-bond acceptors (Lipinski definition) is 2. The molecule has 3 rings (SSSR count). The van der Waals surface area contributed by atoms with Crippen LogP contribution in [0.3, 0.4) is 0 Å². The van der Waals surface area contributed by atoms with Crippen molar-refractivity contribution in [2.24, 2.45) is 10.4 Å². The molecule has 2 N–H and O–H groups in total. The zero-order chi connectivity index (χ0) is 19.3. The fourth-order valence-corrected chi connectivity index (χ4v) is 4.74. The van der Waals surface area contributed by atoms with E-state index in [-0.39, 0.29) is 5.41 Å². The highest BCUT2D eigenvalue weighted by Crippen LogP contribution is 2.32. The van der Waals surface area contributed by atoms with Crippen molar-refractivity contribution < 1.29 is 0 Å². The van der Waals surface area contributed by atoms with Crippen molar-refractivity contribution >= 4 is 5.96 Å². The van der Waals surface area contributed by atoms with E-state index in [0.29, 0.717) is 6.04 Å². The van der Waals surface area contributed by atoms with Crippen LogP contribution < -0.4 is 10.6 Å². The minimum Gasteiger partial charge on any atom is -0.357 e. The summed E-state index contributed by atoms with van der Waals surface area (Å²) in [4.78, 5) is 7.59. The Bertz CT molecular complexity index is 596. The SMILES string of the molecule is CCNC(=NCC(C)(C)Cc1ccccc1)NC1CC2CCCC(C1)N2C. The summed E-state index contributed by atoms with van der Waals surface area (Å²) in [5.41, 5.74) is 1.53. The molecule has 0 radical (unpaired) electrons. The highest BCUT2D eigenvalue weighted by atomic mass is 15.2. The summed E-state index contributed by atoms with van der Waals surface area (Å²) >= 11 is 0. The van der Waals surface area contributed by atoms with E-state index in [1.54, 1.807) is 0 Å². The zero-order valence-corrected chi connectivity index (χ0v) is 17.7. The van der Waals surface area contributed by atoms with E-state index in [2.05, 4.69) is 73.7 Å². The molecule has 2 unspecified atom stereocenters. The van der Waals surface area contributed by atoms with Crippen molar-refractivity contribution in [3.63, 3.8) is 0 Å². The lowest BCUT2D eigenvalue weighted by atomic mass is 9.82. The standard InChI is InChI=1S/C23H38N4/c1-5-24-22(25-17-23(2,3)16-18-10-7-6-8-11-18)26-19-14-20-12-9-13-21(15-19)27(20)4/h6-8,10-11,19-21H,5,9,12-17H2,1-4H3,(H2,24,25,26). The molecule has 2 aliphatic rings. The van der Waals surface area contributed by atoms with Gasteiger partial charge in [-0.05, 0) is 57.1 Å². The molecule has 1 aromatic rings. The van der Waals surface area contributed by atoms with Gasteiger partial charge in [-0.2, -0.15) is 0 Å². The van der Waals surface area contributed by atoms with Crippen molar-refractivity contribution in [1.82, 2.24) is 15.5 Å². The molecule has 0 aromatic heterocycles. The second-order valence-electron chi connectivity index (χ2n) is 9.24. The molecule has 4 heteroatoms. The maximum Gasteiger partial charge on any atom is 0.191 e. The van der Waals surface area contributed by atoms with Gasteiger partial charge in [-0.3, -0.25) is 4.99 Å². The normalized spacial score (nSPS) is 26.7. The third-order valence-corrected chi connectivity index (χ3v) is 6.22. The fourth-order valence-electron chi connectivity index (χ4n) is 4.74. The van der Waals surface area contributed by atoms with Crippen molar-refractivity contribution in [2.75, 3.05) is 20.1 Å². The third-order valence-electron chi connectivity index (χ3n) is 6.22. The molecule has 0 amide bonds. The summed E-state index contributed by atoms with van der Waals surface area (Å²) < 4.78 is 0. The molecule has 2 heterocycles. The number of piperidine rings is 2. The van der Waals surface area contributed by atoms with Gasteiger partial charge < -0.3 is 15.5 Å². The first-order chi connectivity index (χ1) is 13.0. The molecular weight excluding hydrogens is 332 g/mol. The Balaban J connectivity index is 1.59. The van der Waals surface area contributed by atoms with Crippen LogP contribution in [0.25, 0.3) is 0 Å². The summed E-state index contributed by atoms with van der Waals surface area (Å²) in [7, 11) is 2.32. The Morgan fingerprint density at radius 2 is 1.81 bits per heavy atom. The smallest absolute Gasteiger partial charge is 0.191 e. The molecule has 150 valence electrons. The fraction of sp³-hybridized carbons (Fsp3) is 0.696. The van der Waals surface area contributed by atoms with Crippen LogP contribution >= 0.6 is 0 Å². The van der Waals surface area contributed by atoms with Crippen molar-refractivity contribution in [1.29, 1.82) is 0 Å². The number of nitrogens with one attached hydrogen (secondary N) is 2. The first-order valence-corrected chi connectivity index (χ1v) is 10.8. The van der Waals surface area contributed by atoms with Crippen LogP contribution in [0.2, 0.25) is 0 Å². The minimum atomic E-state index is 0.146. The van der Waals surface area contributed by atoms with Gasteiger partial charge >= 0.3 is 0 Å². The summed E-state index contributed by atoms with van der Waals surface area (Å²) in [6, 6.07) is 12.8. The van der Waals surface area contributed by atoms with Gasteiger partial charge in [0.25, 0.3) is 0 Å². The molecular formula is C23H38N4. The van der Waals surface area contributed by atoms with Crippen molar-refractivity contribution in [2.45, 2.75) is 77.4 Å². The molecule has 2 saturated heterocycles. The lowest BCUT2D eigenvalue weighted by Gasteiger charge is -2.47. The van der Waals surface area contributed by atoms with Crippen molar-refractivity contribution in [3.05, 3.63) is 35.9 Å². The molecule has 0 aliphatic carbocycles. The molecule has 2 fully saturated rings. The van der Waals surface area contributed by atoms with E-state index in [1.165, 1.54) is 37.7 Å². The van der Waals surface area contributed by atoms with E-state index in [9.17, 15) is 0 Å². The first-order valence-electron chi connectivity index (χ1n) is 10.8. The van der Waals surface area contributed by atoms with Gasteiger partial charge in [0.1, 0.15) is 0 Å². The van der Waals surface area contributed by atoms with Gasteiger partial charge in [0.15, 0.2) is 5.96 Å². The van der Waals surface area contributed by atoms with Crippen LogP contribution in [0, 0.1) is 5.41 Å². The molecule has 2 atom stereocenters. The monoisotopic (exact) mass is 370 g/mol. The number of guanidine groups is 1. The lowest BCUT2D eigenvalue weighted by molar-refractivity contribution is 0.0526. The van der Waals surface area contributed by atoms with Crippen molar-refractivity contribution in [3.8, 4) is 0 Å². The zero-order valence-electron chi connectivity index (χ0n) is 17.7. The van der Waals surface area contributed by atoms with Crippen LogP contribution in [0.5, 0.6) is 0 Å². The largest absolute Gasteiger partial charge is 0.357 e. The first kappa shape index (κ1) is 20.2. The Labute approximate surface area is 165 Å². The van der Waals surface area contributed by atoms with E-state index in [0.717, 1.165) is 37.6 Å². The van der Waals surface area contributed by atoms with Gasteiger partial charge in [-0.15, -0.1) is 0 Å². The third kappa shape index (κ3) is 5.71. The van der Waals surface area contributed by atoms with Crippen LogP contribution in [-0.2, 0) is 6.42 Å². The number of benzene rings is 1. The molecule has 4 nitrogen and oxygen atoms in total. The molecule has 2 aliphatic heterocycles. The Morgan fingerprint density at radius 1 is 1.15 bits per heavy atom. The van der Waals surface area contributed by atoms with E-state index in [1.807, 2.05) is 0 Å². The summed E-state index contributed by atoms with van der Waals surface area (Å²) in [5.74, 6) is 0.992. The minimum absolute atomic E-state index is 0.146. The Kier molecular flexibility index (Phi) is 6.80. The number of hydrogen-bond donors (Lipinski definition) is 2. The van der Waals surface area contributed by atoms with Gasteiger partial charge in [0.05, 0.1) is 0 Å². The summed E-state index contributed by atoms with van der Waals surface area (Å²) in [6.45, 7) is 8.51. The predicted molar refractivity (Wildman–Crippen MR) is 115 cm³/mol. The topological polar surface area (TPSA) is 39.7 Å². The van der Waals surface area contributed by atoms with Crippen LogP contribution in [0.15, 0.2) is 35.3 Å². The maximum atomic E-state index is 4.97. The van der Waals surface area contributed by atoms with E-state index < -0.39 is 0 Å². The van der Waals surface area contributed by atoms with E-state index >= 15 is 0 Å². The molecule has 2 bridgehead atoms. The highest BCUT2D eigenvalue weighted by molar-refractivity contribution is 5.80. The molecule has 27 heavy (non-hydrogen) atoms. The lowest BCUT2D eigenvalue weighted by Crippen LogP contribution is -2.56. The summed E-state index contributed by atoms with van der Waals surface area (Å²) in [6.07, 6.45) is 7.63. The average Bonchev–Trinajstić information content (AvgIpc) is 2.61. The maximum absolute atomic E-state index is 4.97. The number of fused-ring (bicyclic) bond motifs is 2. The molecule has 1 aromatic carbocycles. The molecule has 0 saturated carbocycles.